The third-order valence-corrected chi connectivity index (χ3v) is 3.50. The van der Waals surface area contributed by atoms with Crippen molar-refractivity contribution in [3.8, 4) is 0 Å². The fourth-order valence-corrected chi connectivity index (χ4v) is 2.50. The number of benzene rings is 1. The Kier molecular flexibility index (Phi) is 2.80. The van der Waals surface area contributed by atoms with Crippen molar-refractivity contribution < 1.29 is 0 Å². The molecule has 14 heavy (non-hydrogen) atoms. The van der Waals surface area contributed by atoms with Crippen LogP contribution in [0.1, 0.15) is 35.6 Å². The van der Waals surface area contributed by atoms with Crippen LogP contribution in [0.25, 0.3) is 0 Å². The van der Waals surface area contributed by atoms with Crippen LogP contribution < -0.4 is 5.32 Å². The third kappa shape index (κ3) is 1.67. The van der Waals surface area contributed by atoms with Gasteiger partial charge in [-0.1, -0.05) is 23.7 Å². The molecule has 0 saturated carbocycles. The van der Waals surface area contributed by atoms with Gasteiger partial charge >= 0.3 is 0 Å². The molecule has 2 heteroatoms. The predicted molar refractivity (Wildman–Crippen MR) is 60.9 cm³/mol. The molecular weight excluding hydrogens is 194 g/mol. The van der Waals surface area contributed by atoms with Crippen LogP contribution in [0.15, 0.2) is 12.1 Å². The maximum Gasteiger partial charge on any atom is 0.0485 e. The first-order valence-corrected chi connectivity index (χ1v) is 5.57. The lowest BCUT2D eigenvalue weighted by Gasteiger charge is -2.17. The molecule has 1 saturated heterocycles. The lowest BCUT2D eigenvalue weighted by molar-refractivity contribution is 0.643. The lowest BCUT2D eigenvalue weighted by atomic mass is 9.98. The van der Waals surface area contributed by atoms with Gasteiger partial charge in [-0.05, 0) is 49.9 Å². The Morgan fingerprint density at radius 2 is 2.00 bits per heavy atom. The summed E-state index contributed by atoms with van der Waals surface area (Å²) in [6.07, 6.45) is 2.47. The van der Waals surface area contributed by atoms with Crippen LogP contribution in [0.5, 0.6) is 0 Å². The van der Waals surface area contributed by atoms with Crippen molar-refractivity contribution in [2.75, 3.05) is 6.54 Å². The number of aryl methyl sites for hydroxylation is 2. The lowest BCUT2D eigenvalue weighted by Crippen LogP contribution is -2.14. The molecule has 1 fully saturated rings. The van der Waals surface area contributed by atoms with Gasteiger partial charge in [0.1, 0.15) is 0 Å². The maximum atomic E-state index is 6.34. The molecule has 0 spiro atoms. The summed E-state index contributed by atoms with van der Waals surface area (Å²) in [4.78, 5) is 0. The SMILES string of the molecule is Cc1ccc(C)c(C2CCCN2)c1Cl. The van der Waals surface area contributed by atoms with Gasteiger partial charge < -0.3 is 5.32 Å². The van der Waals surface area contributed by atoms with Gasteiger partial charge in [-0.25, -0.2) is 0 Å². The van der Waals surface area contributed by atoms with Crippen molar-refractivity contribution in [2.24, 2.45) is 0 Å². The standard InChI is InChI=1S/C12H16ClN/c1-8-5-6-9(2)12(13)11(8)10-4-3-7-14-10/h5-6,10,14H,3-4,7H2,1-2H3. The zero-order chi connectivity index (χ0) is 10.1. The monoisotopic (exact) mass is 209 g/mol. The summed E-state index contributed by atoms with van der Waals surface area (Å²) in [6.45, 7) is 5.33. The average molecular weight is 210 g/mol. The van der Waals surface area contributed by atoms with E-state index in [0.29, 0.717) is 6.04 Å². The highest BCUT2D eigenvalue weighted by molar-refractivity contribution is 6.32. The summed E-state index contributed by atoms with van der Waals surface area (Å²) in [5.74, 6) is 0. The third-order valence-electron chi connectivity index (χ3n) is 3.00. The second-order valence-electron chi connectivity index (χ2n) is 4.08. The Bertz CT molecular complexity index is 340. The molecule has 1 unspecified atom stereocenters. The molecule has 0 aromatic heterocycles. The molecule has 0 bridgehead atoms. The van der Waals surface area contributed by atoms with Crippen LogP contribution >= 0.6 is 11.6 Å². The summed E-state index contributed by atoms with van der Waals surface area (Å²) in [6, 6.07) is 4.73. The van der Waals surface area contributed by atoms with Gasteiger partial charge in [0.05, 0.1) is 0 Å². The first kappa shape index (κ1) is 10.0. The van der Waals surface area contributed by atoms with E-state index in [2.05, 4.69) is 31.3 Å². The van der Waals surface area contributed by atoms with E-state index in [1.165, 1.54) is 29.5 Å². The Balaban J connectivity index is 2.44. The maximum absolute atomic E-state index is 6.34. The summed E-state index contributed by atoms with van der Waals surface area (Å²) >= 11 is 6.34. The summed E-state index contributed by atoms with van der Waals surface area (Å²) < 4.78 is 0. The van der Waals surface area contributed by atoms with Gasteiger partial charge in [0.15, 0.2) is 0 Å². The number of halogens is 1. The van der Waals surface area contributed by atoms with E-state index in [4.69, 9.17) is 11.6 Å². The molecule has 1 nitrogen and oxygen atoms in total. The second kappa shape index (κ2) is 3.92. The molecule has 76 valence electrons. The Morgan fingerprint density at radius 3 is 2.64 bits per heavy atom. The fourth-order valence-electron chi connectivity index (χ4n) is 2.16. The van der Waals surface area contributed by atoms with Crippen LogP contribution in [-0.2, 0) is 0 Å². The summed E-state index contributed by atoms with van der Waals surface area (Å²) in [5.41, 5.74) is 3.80. The molecule has 1 aliphatic rings. The van der Waals surface area contributed by atoms with Gasteiger partial charge in [-0.2, -0.15) is 0 Å². The zero-order valence-corrected chi connectivity index (χ0v) is 9.49. The molecule has 1 atom stereocenters. The van der Waals surface area contributed by atoms with Gasteiger partial charge in [-0.3, -0.25) is 0 Å². The van der Waals surface area contributed by atoms with Crippen LogP contribution in [0.4, 0.5) is 0 Å². The largest absolute Gasteiger partial charge is 0.310 e. The number of nitrogens with one attached hydrogen (secondary N) is 1. The van der Waals surface area contributed by atoms with Crippen molar-refractivity contribution in [2.45, 2.75) is 32.7 Å². The molecular formula is C12H16ClN. The molecule has 0 aliphatic carbocycles. The van der Waals surface area contributed by atoms with Crippen molar-refractivity contribution in [3.63, 3.8) is 0 Å². The number of rotatable bonds is 1. The molecule has 1 heterocycles. The molecule has 1 aromatic rings. The van der Waals surface area contributed by atoms with E-state index in [9.17, 15) is 0 Å². The smallest absolute Gasteiger partial charge is 0.0485 e. The molecule has 1 aromatic carbocycles. The fraction of sp³-hybridized carbons (Fsp3) is 0.500. The van der Waals surface area contributed by atoms with Crippen molar-refractivity contribution in [3.05, 3.63) is 33.8 Å². The second-order valence-corrected chi connectivity index (χ2v) is 4.45. The van der Waals surface area contributed by atoms with E-state index in [1.807, 2.05) is 0 Å². The highest BCUT2D eigenvalue weighted by atomic mass is 35.5. The minimum absolute atomic E-state index is 0.474. The van der Waals surface area contributed by atoms with Crippen molar-refractivity contribution in [1.82, 2.24) is 5.32 Å². The predicted octanol–water partition coefficient (Wildman–Crippen LogP) is 3.38. The first-order valence-electron chi connectivity index (χ1n) is 5.19. The molecule has 1 aliphatic heterocycles. The van der Waals surface area contributed by atoms with Gasteiger partial charge in [0.25, 0.3) is 0 Å². The minimum atomic E-state index is 0.474. The highest BCUT2D eigenvalue weighted by Crippen LogP contribution is 2.33. The van der Waals surface area contributed by atoms with E-state index in [-0.39, 0.29) is 0 Å². The van der Waals surface area contributed by atoms with Crippen molar-refractivity contribution >= 4 is 11.6 Å². The van der Waals surface area contributed by atoms with Gasteiger partial charge in [0.2, 0.25) is 0 Å². The van der Waals surface area contributed by atoms with Crippen LogP contribution in [0.2, 0.25) is 5.02 Å². The number of hydrogen-bond acceptors (Lipinski definition) is 1. The van der Waals surface area contributed by atoms with E-state index in [0.717, 1.165) is 11.6 Å². The Labute approximate surface area is 90.5 Å². The van der Waals surface area contributed by atoms with Crippen LogP contribution in [-0.4, -0.2) is 6.54 Å². The van der Waals surface area contributed by atoms with E-state index >= 15 is 0 Å². The Hall–Kier alpha value is -0.530. The Morgan fingerprint density at radius 1 is 1.29 bits per heavy atom. The normalized spacial score (nSPS) is 21.5. The molecule has 2 rings (SSSR count). The zero-order valence-electron chi connectivity index (χ0n) is 8.73. The minimum Gasteiger partial charge on any atom is -0.310 e. The molecule has 1 N–H and O–H groups in total. The summed E-state index contributed by atoms with van der Waals surface area (Å²) in [5, 5.41) is 4.45. The van der Waals surface area contributed by atoms with Gasteiger partial charge in [0, 0.05) is 11.1 Å². The first-order chi connectivity index (χ1) is 6.70. The van der Waals surface area contributed by atoms with Gasteiger partial charge in [-0.15, -0.1) is 0 Å². The van der Waals surface area contributed by atoms with E-state index in [1.54, 1.807) is 0 Å². The number of hydrogen-bond donors (Lipinski definition) is 1. The quantitative estimate of drug-likeness (QED) is 0.748. The highest BCUT2D eigenvalue weighted by Gasteiger charge is 2.21. The van der Waals surface area contributed by atoms with Crippen LogP contribution in [0, 0.1) is 13.8 Å². The van der Waals surface area contributed by atoms with Crippen LogP contribution in [0.3, 0.4) is 0 Å². The topological polar surface area (TPSA) is 12.0 Å². The van der Waals surface area contributed by atoms with E-state index < -0.39 is 0 Å². The summed E-state index contributed by atoms with van der Waals surface area (Å²) in [7, 11) is 0. The molecule has 0 amide bonds. The molecule has 0 radical (unpaired) electrons. The average Bonchev–Trinajstić information content (AvgIpc) is 2.65. The van der Waals surface area contributed by atoms with Crippen molar-refractivity contribution in [1.29, 1.82) is 0 Å².